The Hall–Kier alpha value is -2.05. The van der Waals surface area contributed by atoms with Crippen LogP contribution in [0.4, 0.5) is 0 Å². The first kappa shape index (κ1) is 18.7. The average molecular weight is 394 g/mol. The molecule has 0 atom stereocenters. The minimum atomic E-state index is -0.493. The van der Waals surface area contributed by atoms with Crippen LogP contribution in [0.3, 0.4) is 0 Å². The number of nitrogens with zero attached hydrogens (tertiary/aromatic N) is 1. The maximum atomic E-state index is 12.5. The van der Waals surface area contributed by atoms with Crippen molar-refractivity contribution in [1.29, 1.82) is 0 Å². The number of carbonyl (C=O) groups is 1. The molecule has 0 saturated heterocycles. The van der Waals surface area contributed by atoms with Crippen molar-refractivity contribution in [3.63, 3.8) is 0 Å². The van der Waals surface area contributed by atoms with Gasteiger partial charge in [0.1, 0.15) is 17.9 Å². The van der Waals surface area contributed by atoms with Gasteiger partial charge in [0.2, 0.25) is 0 Å². The molecule has 138 valence electrons. The molecule has 5 nitrogen and oxygen atoms in total. The van der Waals surface area contributed by atoms with Crippen molar-refractivity contribution in [1.82, 2.24) is 4.57 Å². The summed E-state index contributed by atoms with van der Waals surface area (Å²) in [5, 5.41) is 0.441. The largest absolute Gasteiger partial charge is 0.486 e. The zero-order chi connectivity index (χ0) is 19.1. The lowest BCUT2D eigenvalue weighted by atomic mass is 9.91. The first-order valence-corrected chi connectivity index (χ1v) is 9.39. The van der Waals surface area contributed by atoms with Gasteiger partial charge in [0.15, 0.2) is 17.3 Å². The Morgan fingerprint density at radius 1 is 1.27 bits per heavy atom. The molecule has 26 heavy (non-hydrogen) atoms. The minimum Gasteiger partial charge on any atom is -0.486 e. The second kappa shape index (κ2) is 6.93. The number of hydrogen-bond donors (Lipinski definition) is 0. The van der Waals surface area contributed by atoms with Gasteiger partial charge in [-0.1, -0.05) is 32.4 Å². The van der Waals surface area contributed by atoms with Gasteiger partial charge >= 0.3 is 0 Å². The summed E-state index contributed by atoms with van der Waals surface area (Å²) in [4.78, 5) is 24.8. The van der Waals surface area contributed by atoms with Gasteiger partial charge in [-0.3, -0.25) is 9.59 Å². The monoisotopic (exact) mass is 393 g/mol. The van der Waals surface area contributed by atoms with Crippen molar-refractivity contribution in [2.45, 2.75) is 20.8 Å². The van der Waals surface area contributed by atoms with Crippen LogP contribution in [0.5, 0.6) is 11.5 Å². The molecule has 7 heteroatoms. The molecule has 1 aromatic carbocycles. The highest BCUT2D eigenvalue weighted by atomic mass is 35.5. The second-order valence-corrected chi connectivity index (χ2v) is 8.57. The van der Waals surface area contributed by atoms with Gasteiger partial charge in [0.25, 0.3) is 5.56 Å². The van der Waals surface area contributed by atoms with E-state index in [9.17, 15) is 9.59 Å². The number of rotatable bonds is 2. The number of halogens is 1. The molecule has 1 aliphatic heterocycles. The highest BCUT2D eigenvalue weighted by molar-refractivity contribution is 7.07. The van der Waals surface area contributed by atoms with Gasteiger partial charge < -0.3 is 14.0 Å². The molecule has 0 spiro atoms. The van der Waals surface area contributed by atoms with Gasteiger partial charge in [0.05, 0.1) is 9.55 Å². The molecule has 2 aromatic rings. The van der Waals surface area contributed by atoms with Crippen LogP contribution in [0, 0.1) is 5.41 Å². The lowest BCUT2D eigenvalue weighted by Crippen LogP contribution is -2.30. The summed E-state index contributed by atoms with van der Waals surface area (Å²) in [6.45, 7) is 6.47. The fraction of sp³-hybridized carbons (Fsp3) is 0.368. The van der Waals surface area contributed by atoms with E-state index >= 15 is 0 Å². The number of benzene rings is 1. The summed E-state index contributed by atoms with van der Waals surface area (Å²) in [5.41, 5.74) is 0.0914. The van der Waals surface area contributed by atoms with Crippen LogP contribution in [0.25, 0.3) is 12.2 Å². The zero-order valence-corrected chi connectivity index (χ0v) is 16.7. The summed E-state index contributed by atoms with van der Waals surface area (Å²) in [7, 11) is 1.66. The standard InChI is InChI=1S/C19H20ClNO4S/c1-19(2,3)15(22)10-16-21(4)18(23)14(26-16)9-11-7-12(20)17-13(8-11)24-5-6-25-17/h7-10H,5-6H2,1-4H3/b14-9-,16-10+. The number of ketones is 1. The van der Waals surface area contributed by atoms with E-state index in [0.29, 0.717) is 38.9 Å². The fourth-order valence-electron chi connectivity index (χ4n) is 2.40. The van der Waals surface area contributed by atoms with Crippen molar-refractivity contribution >= 4 is 40.9 Å². The molecule has 0 amide bonds. The molecule has 0 radical (unpaired) electrons. The topological polar surface area (TPSA) is 57.5 Å². The Labute approximate surface area is 160 Å². The molecule has 0 bridgehead atoms. The van der Waals surface area contributed by atoms with Crippen LogP contribution < -0.4 is 24.2 Å². The molecular weight excluding hydrogens is 374 g/mol. The summed E-state index contributed by atoms with van der Waals surface area (Å²) >= 11 is 7.53. The number of fused-ring (bicyclic) bond motifs is 1. The number of ether oxygens (including phenoxy) is 2. The molecule has 0 unspecified atom stereocenters. The Kier molecular flexibility index (Phi) is 4.99. The Bertz CT molecular complexity index is 1040. The third-order valence-electron chi connectivity index (χ3n) is 3.97. The normalized spacial score (nSPS) is 15.4. The van der Waals surface area contributed by atoms with Crippen molar-refractivity contribution in [2.75, 3.05) is 13.2 Å². The molecule has 3 rings (SSSR count). The first-order chi connectivity index (χ1) is 12.2. The second-order valence-electron chi connectivity index (χ2n) is 7.10. The van der Waals surface area contributed by atoms with Crippen LogP contribution in [0.1, 0.15) is 26.3 Å². The number of Topliss-reactive ketones (excluding diaryl/α,β-unsaturated/α-hetero) is 1. The number of carbonyl (C=O) groups excluding carboxylic acids is 1. The molecule has 0 N–H and O–H groups in total. The fourth-order valence-corrected chi connectivity index (χ4v) is 3.71. The maximum absolute atomic E-state index is 12.5. The Balaban J connectivity index is 2.10. The summed E-state index contributed by atoms with van der Waals surface area (Å²) in [6, 6.07) is 3.53. The minimum absolute atomic E-state index is 0.0247. The van der Waals surface area contributed by atoms with Crippen LogP contribution >= 0.6 is 22.9 Å². The average Bonchev–Trinajstić information content (AvgIpc) is 2.82. The Morgan fingerprint density at radius 3 is 2.65 bits per heavy atom. The van der Waals surface area contributed by atoms with Crippen LogP contribution in [-0.4, -0.2) is 23.6 Å². The van der Waals surface area contributed by atoms with E-state index in [2.05, 4.69) is 0 Å². The van der Waals surface area contributed by atoms with E-state index in [-0.39, 0.29) is 11.3 Å². The number of aromatic nitrogens is 1. The SMILES string of the molecule is Cn1c(=O)/c(=C/c2cc(Cl)c3c(c2)OCCO3)s/c1=C/C(=O)C(C)(C)C. The van der Waals surface area contributed by atoms with Gasteiger partial charge in [-0.05, 0) is 23.8 Å². The predicted molar refractivity (Wildman–Crippen MR) is 104 cm³/mol. The summed E-state index contributed by atoms with van der Waals surface area (Å²) in [5.74, 6) is 1.07. The van der Waals surface area contributed by atoms with E-state index in [1.165, 1.54) is 22.0 Å². The molecule has 0 saturated carbocycles. The molecule has 0 fully saturated rings. The molecule has 1 aliphatic rings. The van der Waals surface area contributed by atoms with Crippen LogP contribution in [0.2, 0.25) is 5.02 Å². The van der Waals surface area contributed by atoms with E-state index in [4.69, 9.17) is 21.1 Å². The van der Waals surface area contributed by atoms with Crippen molar-refractivity contribution in [3.05, 3.63) is 42.3 Å². The smallest absolute Gasteiger partial charge is 0.268 e. The highest BCUT2D eigenvalue weighted by Crippen LogP contribution is 2.38. The quantitative estimate of drug-likeness (QED) is 0.784. The van der Waals surface area contributed by atoms with Crippen LogP contribution in [-0.2, 0) is 11.8 Å². The molecule has 0 aliphatic carbocycles. The van der Waals surface area contributed by atoms with Gasteiger partial charge in [0, 0.05) is 18.5 Å². The van der Waals surface area contributed by atoms with Crippen molar-refractivity contribution in [3.8, 4) is 11.5 Å². The number of thiazole rings is 1. The first-order valence-electron chi connectivity index (χ1n) is 8.19. The zero-order valence-electron chi connectivity index (χ0n) is 15.1. The third-order valence-corrected chi connectivity index (χ3v) is 5.37. The maximum Gasteiger partial charge on any atom is 0.268 e. The van der Waals surface area contributed by atoms with Crippen molar-refractivity contribution < 1.29 is 14.3 Å². The molecule has 1 aromatic heterocycles. The molecule has 2 heterocycles. The lowest BCUT2D eigenvalue weighted by Gasteiger charge is -2.19. The van der Waals surface area contributed by atoms with Crippen LogP contribution in [0.15, 0.2) is 16.9 Å². The van der Waals surface area contributed by atoms with Crippen molar-refractivity contribution in [2.24, 2.45) is 12.5 Å². The highest BCUT2D eigenvalue weighted by Gasteiger charge is 2.19. The van der Waals surface area contributed by atoms with Gasteiger partial charge in [-0.2, -0.15) is 0 Å². The summed E-state index contributed by atoms with van der Waals surface area (Å²) < 4.78 is 13.7. The Morgan fingerprint density at radius 2 is 1.96 bits per heavy atom. The van der Waals surface area contributed by atoms with E-state index in [1.54, 1.807) is 25.3 Å². The number of hydrogen-bond acceptors (Lipinski definition) is 5. The third kappa shape index (κ3) is 3.71. The molecular formula is C19H20ClNO4S. The van der Waals surface area contributed by atoms with E-state index in [0.717, 1.165) is 5.56 Å². The predicted octanol–water partition coefficient (Wildman–Crippen LogP) is 2.10. The van der Waals surface area contributed by atoms with E-state index < -0.39 is 5.41 Å². The lowest BCUT2D eigenvalue weighted by molar-refractivity contribution is -0.120. The van der Waals surface area contributed by atoms with E-state index in [1.807, 2.05) is 20.8 Å². The summed E-state index contributed by atoms with van der Waals surface area (Å²) in [6.07, 6.45) is 3.27. The van der Waals surface area contributed by atoms with Gasteiger partial charge in [-0.15, -0.1) is 11.3 Å². The van der Waals surface area contributed by atoms with Gasteiger partial charge in [-0.25, -0.2) is 0 Å².